The zero-order valence-corrected chi connectivity index (χ0v) is 20.2. The molecule has 0 fully saturated rings. The summed E-state index contributed by atoms with van der Waals surface area (Å²) in [4.78, 5) is 25.8. The summed E-state index contributed by atoms with van der Waals surface area (Å²) in [5.41, 5.74) is 1.09. The summed E-state index contributed by atoms with van der Waals surface area (Å²) in [5, 5.41) is 6.17. The molecule has 4 nitrogen and oxygen atoms in total. The van der Waals surface area contributed by atoms with Gasteiger partial charge in [0.25, 0.3) is 11.8 Å². The Morgan fingerprint density at radius 1 is 0.733 bits per heavy atom. The zero-order valence-electron chi connectivity index (χ0n) is 20.2. The summed E-state index contributed by atoms with van der Waals surface area (Å²) in [6, 6.07) is 7.13. The minimum absolute atomic E-state index is 0.0884. The van der Waals surface area contributed by atoms with Crippen LogP contribution in [-0.4, -0.2) is 24.9 Å². The van der Waals surface area contributed by atoms with E-state index in [0.29, 0.717) is 24.2 Å². The largest absolute Gasteiger partial charge is 0.351 e. The van der Waals surface area contributed by atoms with Crippen LogP contribution in [0.3, 0.4) is 0 Å². The molecule has 0 aliphatic rings. The molecule has 0 heterocycles. The van der Waals surface area contributed by atoms with Gasteiger partial charge < -0.3 is 10.6 Å². The third-order valence-corrected chi connectivity index (χ3v) is 6.74. The number of amides is 2. The zero-order chi connectivity index (χ0) is 22.6. The molecule has 170 valence electrons. The highest BCUT2D eigenvalue weighted by Crippen LogP contribution is 2.28. The van der Waals surface area contributed by atoms with E-state index in [0.717, 1.165) is 51.4 Å². The van der Waals surface area contributed by atoms with E-state index in [9.17, 15) is 9.59 Å². The van der Waals surface area contributed by atoms with Crippen LogP contribution in [-0.2, 0) is 0 Å². The first-order valence-electron chi connectivity index (χ1n) is 11.9. The van der Waals surface area contributed by atoms with Gasteiger partial charge in [0, 0.05) is 13.1 Å². The van der Waals surface area contributed by atoms with Gasteiger partial charge in [0.1, 0.15) is 0 Å². The lowest BCUT2D eigenvalue weighted by Gasteiger charge is -2.29. The number of hydrogen-bond donors (Lipinski definition) is 2. The molecule has 0 aliphatic heterocycles. The Hall–Kier alpha value is -1.84. The molecular weight excluding hydrogens is 372 g/mol. The van der Waals surface area contributed by atoms with E-state index in [1.54, 1.807) is 12.1 Å². The van der Waals surface area contributed by atoms with E-state index in [1.165, 1.54) is 0 Å². The van der Waals surface area contributed by atoms with Crippen LogP contribution in [0.2, 0.25) is 0 Å². The van der Waals surface area contributed by atoms with Crippen molar-refractivity contribution in [3.05, 3.63) is 35.4 Å². The van der Waals surface area contributed by atoms with Gasteiger partial charge in [-0.15, -0.1) is 0 Å². The van der Waals surface area contributed by atoms with Crippen molar-refractivity contribution in [2.45, 2.75) is 92.9 Å². The molecule has 1 rings (SSSR count). The van der Waals surface area contributed by atoms with Crippen molar-refractivity contribution >= 4 is 11.8 Å². The predicted octanol–water partition coefficient (Wildman–Crippen LogP) is 6.36. The molecule has 0 aromatic heterocycles. The number of carbonyl (C=O) groups is 2. The van der Waals surface area contributed by atoms with Gasteiger partial charge in [0.2, 0.25) is 0 Å². The van der Waals surface area contributed by atoms with Crippen molar-refractivity contribution in [1.29, 1.82) is 0 Å². The molecule has 30 heavy (non-hydrogen) atoms. The number of rotatable bonds is 14. The molecule has 2 unspecified atom stereocenters. The Balaban J connectivity index is 2.83. The molecule has 0 saturated heterocycles. The molecule has 1 aromatic carbocycles. The fraction of sp³-hybridized carbons (Fsp3) is 0.692. The summed E-state index contributed by atoms with van der Waals surface area (Å²) in [7, 11) is 0. The Bertz CT molecular complexity index is 616. The Labute approximate surface area is 184 Å². The normalized spacial score (nSPS) is 15.1. The average Bonchev–Trinajstić information content (AvgIpc) is 2.78. The molecule has 1 aromatic rings. The maximum Gasteiger partial charge on any atom is 0.252 e. The van der Waals surface area contributed by atoms with E-state index in [-0.39, 0.29) is 22.6 Å². The van der Waals surface area contributed by atoms with Gasteiger partial charge in [-0.3, -0.25) is 9.59 Å². The van der Waals surface area contributed by atoms with Crippen molar-refractivity contribution in [2.75, 3.05) is 13.1 Å². The molecule has 0 spiro atoms. The lowest BCUT2D eigenvalue weighted by Crippen LogP contribution is -2.38. The van der Waals surface area contributed by atoms with Gasteiger partial charge in [-0.2, -0.15) is 0 Å². The average molecular weight is 417 g/mol. The van der Waals surface area contributed by atoms with Crippen molar-refractivity contribution < 1.29 is 9.59 Å². The topological polar surface area (TPSA) is 58.2 Å². The second-order valence-electron chi connectivity index (χ2n) is 9.45. The van der Waals surface area contributed by atoms with Gasteiger partial charge >= 0.3 is 0 Å². The van der Waals surface area contributed by atoms with Crippen molar-refractivity contribution in [3.8, 4) is 0 Å². The van der Waals surface area contributed by atoms with Crippen LogP contribution in [0.1, 0.15) is 114 Å². The van der Waals surface area contributed by atoms with Gasteiger partial charge in [0.05, 0.1) is 11.1 Å². The molecule has 0 radical (unpaired) electrons. The molecule has 4 heteroatoms. The van der Waals surface area contributed by atoms with E-state index in [2.05, 4.69) is 52.2 Å². The van der Waals surface area contributed by atoms with Gasteiger partial charge in [-0.1, -0.05) is 79.4 Å². The number of nitrogens with one attached hydrogen (secondary N) is 2. The lowest BCUT2D eigenvalue weighted by atomic mass is 9.82. The molecule has 0 saturated carbocycles. The number of carbonyl (C=O) groups excluding carboxylic acids is 2. The van der Waals surface area contributed by atoms with Crippen molar-refractivity contribution in [3.63, 3.8) is 0 Å². The van der Waals surface area contributed by atoms with Gasteiger partial charge in [-0.05, 0) is 48.6 Å². The van der Waals surface area contributed by atoms with E-state index in [1.807, 2.05) is 12.1 Å². The van der Waals surface area contributed by atoms with Gasteiger partial charge in [0.15, 0.2) is 0 Å². The van der Waals surface area contributed by atoms with E-state index < -0.39 is 0 Å². The monoisotopic (exact) mass is 416 g/mol. The number of unbranched alkanes of at least 4 members (excludes halogenated alkanes) is 2. The first-order valence-corrected chi connectivity index (χ1v) is 11.9. The molecule has 2 amide bonds. The van der Waals surface area contributed by atoms with Crippen LogP contribution in [0, 0.1) is 10.8 Å². The SMILES string of the molecule is CCCCC(C)(CC)CNC(=O)c1ccccc1C(=O)NCC(C)(CC)CCCC. The molecular formula is C26H44N2O2. The lowest BCUT2D eigenvalue weighted by molar-refractivity contribution is 0.0895. The van der Waals surface area contributed by atoms with Crippen LogP contribution in [0.4, 0.5) is 0 Å². The highest BCUT2D eigenvalue weighted by atomic mass is 16.2. The molecule has 2 N–H and O–H groups in total. The Morgan fingerprint density at radius 2 is 1.10 bits per heavy atom. The summed E-state index contributed by atoms with van der Waals surface area (Å²) >= 11 is 0. The standard InChI is InChI=1S/C26H44N2O2/c1-7-11-17-25(5,9-3)19-27-23(29)21-15-13-14-16-22(21)24(30)28-20-26(6,10-4)18-12-8-2/h13-16H,7-12,17-20H2,1-6H3,(H,27,29)(H,28,30). The number of benzene rings is 1. The first-order chi connectivity index (χ1) is 14.2. The predicted molar refractivity (Wildman–Crippen MR) is 127 cm³/mol. The second kappa shape index (κ2) is 12.8. The highest BCUT2D eigenvalue weighted by molar-refractivity contribution is 6.07. The second-order valence-corrected chi connectivity index (χ2v) is 9.45. The van der Waals surface area contributed by atoms with Crippen LogP contribution < -0.4 is 10.6 Å². The van der Waals surface area contributed by atoms with Crippen LogP contribution in [0.15, 0.2) is 24.3 Å². The third kappa shape index (κ3) is 8.12. The maximum atomic E-state index is 12.9. The summed E-state index contributed by atoms with van der Waals surface area (Å²) in [6.07, 6.45) is 8.85. The molecule has 0 aliphatic carbocycles. The summed E-state index contributed by atoms with van der Waals surface area (Å²) < 4.78 is 0. The fourth-order valence-electron chi connectivity index (χ4n) is 3.64. The van der Waals surface area contributed by atoms with Crippen LogP contribution in [0.5, 0.6) is 0 Å². The summed E-state index contributed by atoms with van der Waals surface area (Å²) in [5.74, 6) is -0.331. The smallest absolute Gasteiger partial charge is 0.252 e. The molecule has 0 bridgehead atoms. The minimum Gasteiger partial charge on any atom is -0.351 e. The molecule has 2 atom stereocenters. The van der Waals surface area contributed by atoms with E-state index in [4.69, 9.17) is 0 Å². The minimum atomic E-state index is -0.166. The van der Waals surface area contributed by atoms with Crippen molar-refractivity contribution in [2.24, 2.45) is 10.8 Å². The van der Waals surface area contributed by atoms with Crippen LogP contribution >= 0.6 is 0 Å². The third-order valence-electron chi connectivity index (χ3n) is 6.74. The number of hydrogen-bond acceptors (Lipinski definition) is 2. The fourth-order valence-corrected chi connectivity index (χ4v) is 3.64. The van der Waals surface area contributed by atoms with Gasteiger partial charge in [-0.25, -0.2) is 0 Å². The van der Waals surface area contributed by atoms with Crippen LogP contribution in [0.25, 0.3) is 0 Å². The summed E-state index contributed by atoms with van der Waals surface area (Å²) in [6.45, 7) is 14.4. The highest BCUT2D eigenvalue weighted by Gasteiger charge is 2.25. The Morgan fingerprint density at radius 3 is 1.40 bits per heavy atom. The Kier molecular flexibility index (Phi) is 11.1. The first kappa shape index (κ1) is 26.2. The quantitative estimate of drug-likeness (QED) is 0.371. The van der Waals surface area contributed by atoms with Crippen molar-refractivity contribution in [1.82, 2.24) is 10.6 Å². The maximum absolute atomic E-state index is 12.9. The van der Waals surface area contributed by atoms with E-state index >= 15 is 0 Å².